The largest absolute Gasteiger partial charge is 0.493 e. The Kier molecular flexibility index (Phi) is 5.63. The Balaban J connectivity index is 2.35. The number of carbonyl (C=O) groups is 1. The Hall–Kier alpha value is -1.26. The maximum Gasteiger partial charge on any atom is 0.225 e. The minimum absolute atomic E-state index is 0.0656. The molecule has 1 N–H and O–H groups in total. The number of halogens is 1. The van der Waals surface area contributed by atoms with E-state index >= 15 is 0 Å². The van der Waals surface area contributed by atoms with Crippen molar-refractivity contribution in [3.63, 3.8) is 0 Å². The first-order chi connectivity index (χ1) is 8.78. The molecule has 0 aliphatic carbocycles. The number of likely N-dealkylation sites (N-methyl/N-ethyl adjacent to an activating group) is 1. The highest BCUT2D eigenvalue weighted by Gasteiger charge is 2.19. The zero-order valence-electron chi connectivity index (χ0n) is 11.5. The smallest absolute Gasteiger partial charge is 0.225 e. The first-order valence-electron chi connectivity index (χ1n) is 6.13. The van der Waals surface area contributed by atoms with Gasteiger partial charge in [-0.1, -0.05) is 17.7 Å². The summed E-state index contributed by atoms with van der Waals surface area (Å²) in [5, 5.41) is 10.2. The average Bonchev–Trinajstić information content (AvgIpc) is 2.26. The molecule has 1 rings (SSSR count). The second kappa shape index (κ2) is 6.78. The van der Waals surface area contributed by atoms with Gasteiger partial charge in [0.05, 0.1) is 18.6 Å². The van der Waals surface area contributed by atoms with Gasteiger partial charge in [0.2, 0.25) is 5.91 Å². The summed E-state index contributed by atoms with van der Waals surface area (Å²) in [6.45, 7) is 3.91. The molecule has 0 atom stereocenters. The Bertz CT molecular complexity index is 429. The molecule has 0 fully saturated rings. The van der Waals surface area contributed by atoms with Crippen molar-refractivity contribution < 1.29 is 14.6 Å². The Morgan fingerprint density at radius 2 is 2.16 bits per heavy atom. The summed E-state index contributed by atoms with van der Waals surface area (Å²) in [4.78, 5) is 13.3. The van der Waals surface area contributed by atoms with Crippen molar-refractivity contribution in [3.05, 3.63) is 29.3 Å². The minimum atomic E-state index is -0.891. The molecule has 1 aromatic carbocycles. The molecule has 0 aromatic heterocycles. The molecule has 106 valence electrons. The molecule has 0 radical (unpaired) electrons. The third-order valence-electron chi connectivity index (χ3n) is 2.43. The molecule has 4 nitrogen and oxygen atoms in total. The Morgan fingerprint density at radius 1 is 1.47 bits per heavy atom. The first kappa shape index (κ1) is 15.8. The average molecular weight is 286 g/mol. The van der Waals surface area contributed by atoms with Crippen LogP contribution in [-0.2, 0) is 4.79 Å². The molecule has 0 spiro atoms. The van der Waals surface area contributed by atoms with E-state index in [1.165, 1.54) is 4.90 Å². The van der Waals surface area contributed by atoms with Gasteiger partial charge in [0, 0.05) is 18.6 Å². The lowest BCUT2D eigenvalue weighted by Crippen LogP contribution is -2.40. The van der Waals surface area contributed by atoms with Gasteiger partial charge in [-0.3, -0.25) is 4.79 Å². The molecular weight excluding hydrogens is 266 g/mol. The van der Waals surface area contributed by atoms with Gasteiger partial charge >= 0.3 is 0 Å². The maximum atomic E-state index is 11.8. The number of nitrogens with zero attached hydrogens (tertiary/aromatic N) is 1. The summed E-state index contributed by atoms with van der Waals surface area (Å²) in [7, 11) is 1.67. The van der Waals surface area contributed by atoms with E-state index in [1.807, 2.05) is 0 Å². The lowest BCUT2D eigenvalue weighted by molar-refractivity contribution is -0.133. The fourth-order valence-electron chi connectivity index (χ4n) is 1.67. The molecule has 0 aliphatic rings. The molecule has 0 saturated heterocycles. The van der Waals surface area contributed by atoms with Crippen LogP contribution < -0.4 is 4.74 Å². The zero-order chi connectivity index (χ0) is 14.5. The van der Waals surface area contributed by atoms with Gasteiger partial charge in [-0.05, 0) is 32.0 Å². The molecule has 0 unspecified atom stereocenters. The number of aliphatic hydroxyl groups is 1. The number of carbonyl (C=O) groups excluding carboxylic acids is 1. The SMILES string of the molecule is CN(CC(C)(C)O)C(=O)CCOc1cccc(Cl)c1. The predicted octanol–water partition coefficient (Wildman–Crippen LogP) is 2.34. The van der Waals surface area contributed by atoms with Crippen LogP contribution in [0.3, 0.4) is 0 Å². The summed E-state index contributed by atoms with van der Waals surface area (Å²) in [5.41, 5.74) is -0.891. The van der Waals surface area contributed by atoms with Gasteiger partial charge in [0.25, 0.3) is 0 Å². The topological polar surface area (TPSA) is 49.8 Å². The van der Waals surface area contributed by atoms with Crippen LogP contribution in [0.2, 0.25) is 5.02 Å². The summed E-state index contributed by atoms with van der Waals surface area (Å²) >= 11 is 5.83. The molecule has 5 heteroatoms. The van der Waals surface area contributed by atoms with E-state index in [0.717, 1.165) is 0 Å². The maximum absolute atomic E-state index is 11.8. The van der Waals surface area contributed by atoms with E-state index in [2.05, 4.69) is 0 Å². The van der Waals surface area contributed by atoms with E-state index in [4.69, 9.17) is 16.3 Å². The zero-order valence-corrected chi connectivity index (χ0v) is 12.3. The second-order valence-corrected chi connectivity index (χ2v) is 5.55. The van der Waals surface area contributed by atoms with E-state index in [9.17, 15) is 9.90 Å². The number of hydrogen-bond acceptors (Lipinski definition) is 3. The third-order valence-corrected chi connectivity index (χ3v) is 2.67. The van der Waals surface area contributed by atoms with Crippen molar-refractivity contribution in [2.24, 2.45) is 0 Å². The number of rotatable bonds is 6. The van der Waals surface area contributed by atoms with Crippen molar-refractivity contribution in [3.8, 4) is 5.75 Å². The second-order valence-electron chi connectivity index (χ2n) is 5.12. The number of hydrogen-bond donors (Lipinski definition) is 1. The molecule has 0 saturated carbocycles. The van der Waals surface area contributed by atoms with Gasteiger partial charge in [-0.2, -0.15) is 0 Å². The van der Waals surface area contributed by atoms with Gasteiger partial charge in [0.15, 0.2) is 0 Å². The van der Waals surface area contributed by atoms with E-state index in [-0.39, 0.29) is 18.9 Å². The molecule has 1 amide bonds. The van der Waals surface area contributed by atoms with Crippen molar-refractivity contribution in [2.75, 3.05) is 20.2 Å². The van der Waals surface area contributed by atoms with Crippen LogP contribution in [0.25, 0.3) is 0 Å². The van der Waals surface area contributed by atoms with Crippen molar-refractivity contribution in [1.29, 1.82) is 0 Å². The van der Waals surface area contributed by atoms with Crippen LogP contribution in [0.1, 0.15) is 20.3 Å². The number of amides is 1. The van der Waals surface area contributed by atoms with Crippen LogP contribution in [0.4, 0.5) is 0 Å². The number of ether oxygens (including phenoxy) is 1. The Labute approximate surface area is 118 Å². The van der Waals surface area contributed by atoms with E-state index in [0.29, 0.717) is 17.3 Å². The third kappa shape index (κ3) is 6.45. The Morgan fingerprint density at radius 3 is 2.74 bits per heavy atom. The highest BCUT2D eigenvalue weighted by Crippen LogP contribution is 2.17. The molecule has 1 aromatic rings. The van der Waals surface area contributed by atoms with E-state index in [1.54, 1.807) is 45.2 Å². The predicted molar refractivity (Wildman–Crippen MR) is 75.5 cm³/mol. The van der Waals surface area contributed by atoms with Gasteiger partial charge < -0.3 is 14.7 Å². The summed E-state index contributed by atoms with van der Waals surface area (Å²) in [5.74, 6) is 0.578. The van der Waals surface area contributed by atoms with Gasteiger partial charge in [0.1, 0.15) is 5.75 Å². The summed E-state index contributed by atoms with van der Waals surface area (Å²) in [6, 6.07) is 7.04. The minimum Gasteiger partial charge on any atom is -0.493 e. The molecule has 19 heavy (non-hydrogen) atoms. The quantitative estimate of drug-likeness (QED) is 0.873. The molecular formula is C14H20ClNO3. The van der Waals surface area contributed by atoms with Crippen molar-refractivity contribution in [1.82, 2.24) is 4.90 Å². The van der Waals surface area contributed by atoms with Gasteiger partial charge in [-0.15, -0.1) is 0 Å². The van der Waals surface area contributed by atoms with Crippen LogP contribution in [0.15, 0.2) is 24.3 Å². The lowest BCUT2D eigenvalue weighted by atomic mass is 10.1. The van der Waals surface area contributed by atoms with Gasteiger partial charge in [-0.25, -0.2) is 0 Å². The highest BCUT2D eigenvalue weighted by molar-refractivity contribution is 6.30. The van der Waals surface area contributed by atoms with Crippen molar-refractivity contribution >= 4 is 17.5 Å². The number of benzene rings is 1. The van der Waals surface area contributed by atoms with Crippen LogP contribution in [-0.4, -0.2) is 41.7 Å². The lowest BCUT2D eigenvalue weighted by Gasteiger charge is -2.25. The highest BCUT2D eigenvalue weighted by atomic mass is 35.5. The summed E-state index contributed by atoms with van der Waals surface area (Å²) < 4.78 is 5.44. The fourth-order valence-corrected chi connectivity index (χ4v) is 1.85. The normalized spacial score (nSPS) is 11.2. The fraction of sp³-hybridized carbons (Fsp3) is 0.500. The van der Waals surface area contributed by atoms with E-state index < -0.39 is 5.60 Å². The monoisotopic (exact) mass is 285 g/mol. The standard InChI is InChI=1S/C14H20ClNO3/c1-14(2,18)10-16(3)13(17)7-8-19-12-6-4-5-11(15)9-12/h4-6,9,18H,7-8,10H2,1-3H3. The van der Waals surface area contributed by atoms with Crippen LogP contribution in [0, 0.1) is 0 Å². The first-order valence-corrected chi connectivity index (χ1v) is 6.50. The molecule has 0 bridgehead atoms. The van der Waals surface area contributed by atoms with Crippen LogP contribution >= 0.6 is 11.6 Å². The summed E-state index contributed by atoms with van der Waals surface area (Å²) in [6.07, 6.45) is 0.263. The molecule has 0 aliphatic heterocycles. The van der Waals surface area contributed by atoms with Crippen LogP contribution in [0.5, 0.6) is 5.75 Å². The molecule has 0 heterocycles. The van der Waals surface area contributed by atoms with Crippen molar-refractivity contribution in [2.45, 2.75) is 25.9 Å².